The van der Waals surface area contributed by atoms with Gasteiger partial charge < -0.3 is 14.8 Å². The smallest absolute Gasteiger partial charge is 0.192 e. The van der Waals surface area contributed by atoms with E-state index < -0.39 is 5.79 Å². The second-order valence-corrected chi connectivity index (χ2v) is 4.42. The van der Waals surface area contributed by atoms with Crippen LogP contribution >= 0.6 is 0 Å². The number of ether oxygens (including phenoxy) is 2. The first-order valence-electron chi connectivity index (χ1n) is 5.66. The monoisotopic (exact) mass is 221 g/mol. The van der Waals surface area contributed by atoms with E-state index in [4.69, 9.17) is 9.47 Å². The van der Waals surface area contributed by atoms with Crippen molar-refractivity contribution in [3.63, 3.8) is 0 Å². The highest BCUT2D eigenvalue weighted by Crippen LogP contribution is 2.30. The Morgan fingerprint density at radius 2 is 2.00 bits per heavy atom. The first-order valence-corrected chi connectivity index (χ1v) is 5.66. The zero-order valence-electron chi connectivity index (χ0n) is 10.1. The van der Waals surface area contributed by atoms with Crippen molar-refractivity contribution < 1.29 is 9.47 Å². The predicted octanol–water partition coefficient (Wildman–Crippen LogP) is 1.80. The Morgan fingerprint density at radius 3 is 2.56 bits per heavy atom. The summed E-state index contributed by atoms with van der Waals surface area (Å²) in [5.74, 6) is -0.598. The fraction of sp³-hybridized carbons (Fsp3) is 0.538. The maximum atomic E-state index is 5.83. The van der Waals surface area contributed by atoms with Crippen LogP contribution in [-0.2, 0) is 15.3 Å². The molecule has 3 nitrogen and oxygen atoms in total. The van der Waals surface area contributed by atoms with Gasteiger partial charge in [0.05, 0.1) is 19.3 Å². The molecule has 0 spiro atoms. The van der Waals surface area contributed by atoms with Crippen molar-refractivity contribution in [1.82, 2.24) is 5.32 Å². The van der Waals surface area contributed by atoms with Crippen LogP contribution in [-0.4, -0.2) is 26.3 Å². The molecular formula is C13H19NO2. The third-order valence-corrected chi connectivity index (χ3v) is 3.07. The fourth-order valence-electron chi connectivity index (χ4n) is 1.87. The number of hydrogen-bond acceptors (Lipinski definition) is 3. The molecule has 0 aromatic heterocycles. The summed E-state index contributed by atoms with van der Waals surface area (Å²) in [6.07, 6.45) is 0. The number of likely N-dealkylation sites (N-methyl/N-ethyl adjacent to an activating group) is 1. The summed E-state index contributed by atoms with van der Waals surface area (Å²) >= 11 is 0. The molecule has 16 heavy (non-hydrogen) atoms. The second-order valence-electron chi connectivity index (χ2n) is 4.42. The van der Waals surface area contributed by atoms with Crippen LogP contribution in [0.2, 0.25) is 0 Å². The highest BCUT2D eigenvalue weighted by atomic mass is 16.7. The lowest BCUT2D eigenvalue weighted by atomic mass is 10.0. The van der Waals surface area contributed by atoms with Gasteiger partial charge >= 0.3 is 0 Å². The van der Waals surface area contributed by atoms with E-state index in [-0.39, 0.29) is 6.04 Å². The van der Waals surface area contributed by atoms with Crippen molar-refractivity contribution in [3.05, 3.63) is 35.4 Å². The normalized spacial score (nSPS) is 30.3. The summed E-state index contributed by atoms with van der Waals surface area (Å²) in [6.45, 7) is 5.42. The number of benzene rings is 1. The van der Waals surface area contributed by atoms with Crippen LogP contribution in [0.5, 0.6) is 0 Å². The molecule has 0 radical (unpaired) electrons. The van der Waals surface area contributed by atoms with Gasteiger partial charge in [-0.2, -0.15) is 0 Å². The lowest BCUT2D eigenvalue weighted by molar-refractivity contribution is -0.272. The fourth-order valence-corrected chi connectivity index (χ4v) is 1.87. The van der Waals surface area contributed by atoms with Gasteiger partial charge in [0.2, 0.25) is 0 Å². The van der Waals surface area contributed by atoms with Gasteiger partial charge in [-0.3, -0.25) is 0 Å². The molecule has 0 saturated carbocycles. The van der Waals surface area contributed by atoms with Gasteiger partial charge in [0.15, 0.2) is 5.79 Å². The Morgan fingerprint density at radius 1 is 1.31 bits per heavy atom. The summed E-state index contributed by atoms with van der Waals surface area (Å²) < 4.78 is 11.7. The molecular weight excluding hydrogens is 202 g/mol. The van der Waals surface area contributed by atoms with E-state index >= 15 is 0 Å². The topological polar surface area (TPSA) is 30.5 Å². The zero-order chi connectivity index (χ0) is 11.6. The minimum Gasteiger partial charge on any atom is -0.344 e. The van der Waals surface area contributed by atoms with Crippen molar-refractivity contribution in [2.75, 3.05) is 20.3 Å². The van der Waals surface area contributed by atoms with E-state index in [0.717, 1.165) is 5.56 Å². The number of aryl methyl sites for hydroxylation is 1. The highest BCUT2D eigenvalue weighted by Gasteiger charge is 2.34. The van der Waals surface area contributed by atoms with Gasteiger partial charge in [-0.25, -0.2) is 0 Å². The number of hydrogen-bond donors (Lipinski definition) is 1. The van der Waals surface area contributed by atoms with Crippen LogP contribution < -0.4 is 5.32 Å². The molecule has 2 rings (SSSR count). The third kappa shape index (κ3) is 2.26. The average molecular weight is 221 g/mol. The molecule has 0 aliphatic carbocycles. The van der Waals surface area contributed by atoms with E-state index in [0.29, 0.717) is 13.2 Å². The van der Waals surface area contributed by atoms with Gasteiger partial charge in [-0.05, 0) is 20.9 Å². The van der Waals surface area contributed by atoms with Crippen LogP contribution in [0.3, 0.4) is 0 Å². The van der Waals surface area contributed by atoms with Crippen molar-refractivity contribution in [1.29, 1.82) is 0 Å². The Labute approximate surface area is 96.8 Å². The highest BCUT2D eigenvalue weighted by molar-refractivity contribution is 5.25. The summed E-state index contributed by atoms with van der Waals surface area (Å²) in [6, 6.07) is 8.56. The maximum Gasteiger partial charge on any atom is 0.192 e. The van der Waals surface area contributed by atoms with Gasteiger partial charge in [-0.1, -0.05) is 29.8 Å². The summed E-state index contributed by atoms with van der Waals surface area (Å²) in [4.78, 5) is 0. The number of nitrogens with one attached hydrogen (secondary N) is 1. The van der Waals surface area contributed by atoms with Crippen molar-refractivity contribution >= 4 is 0 Å². The quantitative estimate of drug-likeness (QED) is 0.826. The Bertz CT molecular complexity index is 357. The predicted molar refractivity (Wildman–Crippen MR) is 63.3 cm³/mol. The molecule has 1 N–H and O–H groups in total. The van der Waals surface area contributed by atoms with E-state index in [2.05, 4.69) is 24.4 Å². The SMILES string of the molecule is CNC1COC(C)(c2cccc(C)c2)OC1. The molecule has 0 amide bonds. The first kappa shape index (κ1) is 11.6. The van der Waals surface area contributed by atoms with Gasteiger partial charge in [0.1, 0.15) is 0 Å². The lowest BCUT2D eigenvalue weighted by Gasteiger charge is -2.38. The zero-order valence-corrected chi connectivity index (χ0v) is 10.1. The van der Waals surface area contributed by atoms with Gasteiger partial charge in [0.25, 0.3) is 0 Å². The number of rotatable bonds is 2. The van der Waals surface area contributed by atoms with E-state index in [1.54, 1.807) is 0 Å². The molecule has 1 aliphatic rings. The van der Waals surface area contributed by atoms with Crippen molar-refractivity contribution in [2.24, 2.45) is 0 Å². The Kier molecular flexibility index (Phi) is 3.28. The van der Waals surface area contributed by atoms with Gasteiger partial charge in [0, 0.05) is 5.56 Å². The molecule has 1 aromatic rings. The van der Waals surface area contributed by atoms with E-state index in [9.17, 15) is 0 Å². The maximum absolute atomic E-state index is 5.83. The minimum atomic E-state index is -0.598. The van der Waals surface area contributed by atoms with Crippen LogP contribution in [0.25, 0.3) is 0 Å². The molecule has 1 fully saturated rings. The molecule has 0 unspecified atom stereocenters. The molecule has 1 aliphatic heterocycles. The lowest BCUT2D eigenvalue weighted by Crippen LogP contribution is -2.47. The molecule has 1 aromatic carbocycles. The second kappa shape index (κ2) is 4.53. The average Bonchev–Trinajstić information content (AvgIpc) is 2.30. The summed E-state index contributed by atoms with van der Waals surface area (Å²) in [5, 5.41) is 3.15. The molecule has 0 bridgehead atoms. The summed E-state index contributed by atoms with van der Waals surface area (Å²) in [5.41, 5.74) is 2.31. The van der Waals surface area contributed by atoms with Crippen LogP contribution in [0, 0.1) is 6.92 Å². The minimum absolute atomic E-state index is 0.290. The Balaban J connectivity index is 2.15. The molecule has 88 valence electrons. The van der Waals surface area contributed by atoms with Crippen molar-refractivity contribution in [2.45, 2.75) is 25.7 Å². The van der Waals surface area contributed by atoms with Crippen molar-refractivity contribution in [3.8, 4) is 0 Å². The standard InChI is InChI=1S/C13H19NO2/c1-10-5-4-6-11(7-10)13(2)15-8-12(14-3)9-16-13/h4-7,12,14H,8-9H2,1-3H3. The molecule has 1 heterocycles. The molecule has 1 saturated heterocycles. The molecule has 0 atom stereocenters. The Hall–Kier alpha value is -0.900. The summed E-state index contributed by atoms with van der Waals surface area (Å²) in [7, 11) is 1.92. The van der Waals surface area contributed by atoms with Crippen LogP contribution in [0.15, 0.2) is 24.3 Å². The largest absolute Gasteiger partial charge is 0.344 e. The van der Waals surface area contributed by atoms with E-state index in [1.165, 1.54) is 5.56 Å². The third-order valence-electron chi connectivity index (χ3n) is 3.07. The first-order chi connectivity index (χ1) is 7.64. The van der Waals surface area contributed by atoms with Crippen LogP contribution in [0.1, 0.15) is 18.1 Å². The van der Waals surface area contributed by atoms with Gasteiger partial charge in [-0.15, -0.1) is 0 Å². The molecule has 3 heteroatoms. The van der Waals surface area contributed by atoms with E-state index in [1.807, 2.05) is 26.1 Å². The van der Waals surface area contributed by atoms with Crippen LogP contribution in [0.4, 0.5) is 0 Å².